The molecule has 0 aliphatic carbocycles. The summed E-state index contributed by atoms with van der Waals surface area (Å²) in [6.07, 6.45) is 0.135. The summed E-state index contributed by atoms with van der Waals surface area (Å²) in [6.45, 7) is 1.82. The van der Waals surface area contributed by atoms with Gasteiger partial charge in [-0.3, -0.25) is 4.79 Å². The lowest BCUT2D eigenvalue weighted by Crippen LogP contribution is -2.36. The monoisotopic (exact) mass is 393 g/mol. The van der Waals surface area contributed by atoms with Gasteiger partial charge in [-0.2, -0.15) is 0 Å². The topological polar surface area (TPSA) is 91.6 Å². The van der Waals surface area contributed by atoms with E-state index in [0.29, 0.717) is 11.3 Å². The molecule has 1 heterocycles. The molecule has 0 bridgehead atoms. The normalized spacial score (nSPS) is 11.7. The van der Waals surface area contributed by atoms with Crippen LogP contribution in [0.3, 0.4) is 0 Å². The molecule has 0 radical (unpaired) electrons. The van der Waals surface area contributed by atoms with Crippen LogP contribution in [-0.2, 0) is 4.79 Å². The molecule has 1 aromatic heterocycles. The molecule has 3 amide bonds. The van der Waals surface area contributed by atoms with Gasteiger partial charge in [0.2, 0.25) is 5.91 Å². The van der Waals surface area contributed by atoms with Gasteiger partial charge < -0.3 is 20.0 Å². The first-order valence-electron chi connectivity index (χ1n) is 9.20. The van der Waals surface area contributed by atoms with E-state index in [1.807, 2.05) is 37.3 Å². The van der Waals surface area contributed by atoms with Crippen molar-refractivity contribution in [2.24, 2.45) is 0 Å². The highest BCUT2D eigenvalue weighted by atomic mass is 16.4. The molecule has 2 aromatic carbocycles. The Hall–Kier alpha value is -3.61. The Morgan fingerprint density at radius 3 is 2.48 bits per heavy atom. The van der Waals surface area contributed by atoms with Gasteiger partial charge in [0.25, 0.3) is 0 Å². The molecule has 1 unspecified atom stereocenters. The molecule has 0 fully saturated rings. The Bertz CT molecular complexity index is 1090. The first kappa shape index (κ1) is 20.1. The number of anilines is 1. The fraction of sp³-hybridized carbons (Fsp3) is 0.227. The molecule has 0 saturated carbocycles. The highest BCUT2D eigenvalue weighted by Gasteiger charge is 2.19. The average molecular weight is 393 g/mol. The smallest absolute Gasteiger partial charge is 0.336 e. The minimum atomic E-state index is -0.480. The van der Waals surface area contributed by atoms with Crippen molar-refractivity contribution in [2.45, 2.75) is 19.4 Å². The van der Waals surface area contributed by atoms with Gasteiger partial charge in [-0.25, -0.2) is 9.59 Å². The lowest BCUT2D eigenvalue weighted by molar-refractivity contribution is -0.129. The molecule has 150 valence electrons. The lowest BCUT2D eigenvalue weighted by Gasteiger charge is -2.21. The zero-order valence-electron chi connectivity index (χ0n) is 16.6. The first-order valence-corrected chi connectivity index (χ1v) is 9.20. The van der Waals surface area contributed by atoms with Gasteiger partial charge >= 0.3 is 11.7 Å². The summed E-state index contributed by atoms with van der Waals surface area (Å²) in [5.74, 6) is -0.0953. The number of nitrogens with one attached hydrogen (secondary N) is 2. The van der Waals surface area contributed by atoms with E-state index in [2.05, 4.69) is 10.6 Å². The third kappa shape index (κ3) is 5.01. The summed E-state index contributed by atoms with van der Waals surface area (Å²) in [5, 5.41) is 6.39. The quantitative estimate of drug-likeness (QED) is 0.650. The zero-order chi connectivity index (χ0) is 21.0. The number of amides is 3. The van der Waals surface area contributed by atoms with Gasteiger partial charge in [0, 0.05) is 37.3 Å². The van der Waals surface area contributed by atoms with E-state index in [4.69, 9.17) is 4.42 Å². The summed E-state index contributed by atoms with van der Waals surface area (Å²) >= 11 is 0. The maximum Gasteiger partial charge on any atom is 0.336 e. The fourth-order valence-electron chi connectivity index (χ4n) is 3.02. The Kier molecular flexibility index (Phi) is 5.97. The Morgan fingerprint density at radius 1 is 1.07 bits per heavy atom. The molecule has 0 saturated heterocycles. The second-order valence-corrected chi connectivity index (χ2v) is 7.01. The second-order valence-electron chi connectivity index (χ2n) is 7.01. The number of fused-ring (bicyclic) bond motifs is 1. The number of carbonyl (C=O) groups is 2. The van der Waals surface area contributed by atoms with Crippen molar-refractivity contribution < 1.29 is 14.0 Å². The fourth-order valence-corrected chi connectivity index (χ4v) is 3.02. The van der Waals surface area contributed by atoms with E-state index in [-0.39, 0.29) is 12.3 Å². The van der Waals surface area contributed by atoms with Crippen molar-refractivity contribution in [3.63, 3.8) is 0 Å². The highest BCUT2D eigenvalue weighted by Crippen LogP contribution is 2.22. The van der Waals surface area contributed by atoms with Gasteiger partial charge in [-0.15, -0.1) is 0 Å². The molecule has 3 rings (SSSR count). The number of aryl methyl sites for hydroxylation is 1. The number of hydrogen-bond donors (Lipinski definition) is 2. The van der Waals surface area contributed by atoms with Crippen molar-refractivity contribution in [3.05, 3.63) is 76.1 Å². The number of hydrogen-bond acceptors (Lipinski definition) is 4. The Labute approximate surface area is 168 Å². The zero-order valence-corrected chi connectivity index (χ0v) is 16.6. The second kappa shape index (κ2) is 8.60. The Morgan fingerprint density at radius 2 is 1.79 bits per heavy atom. The van der Waals surface area contributed by atoms with Crippen LogP contribution in [0.25, 0.3) is 11.0 Å². The predicted molar refractivity (Wildman–Crippen MR) is 112 cm³/mol. The molecule has 2 N–H and O–H groups in total. The number of nitrogens with zero attached hydrogens (tertiary/aromatic N) is 1. The largest absolute Gasteiger partial charge is 0.423 e. The molecular formula is C22H23N3O4. The van der Waals surface area contributed by atoms with Crippen molar-refractivity contribution in [1.29, 1.82) is 0 Å². The SMILES string of the molecule is Cc1cc(=O)oc2cc(NC(=O)NC(CC(=O)N(C)C)c3ccccc3)ccc12. The van der Waals surface area contributed by atoms with Crippen molar-refractivity contribution >= 4 is 28.6 Å². The molecule has 0 spiro atoms. The lowest BCUT2D eigenvalue weighted by atomic mass is 10.0. The van der Waals surface area contributed by atoms with Gasteiger partial charge in [-0.05, 0) is 30.2 Å². The van der Waals surface area contributed by atoms with E-state index in [0.717, 1.165) is 16.5 Å². The summed E-state index contributed by atoms with van der Waals surface area (Å²) in [4.78, 5) is 37.9. The molecule has 29 heavy (non-hydrogen) atoms. The van der Waals surface area contributed by atoms with E-state index < -0.39 is 17.7 Å². The molecule has 7 heteroatoms. The minimum absolute atomic E-state index is 0.0953. The summed E-state index contributed by atoms with van der Waals surface area (Å²) in [6, 6.07) is 14.9. The average Bonchev–Trinajstić information content (AvgIpc) is 2.67. The third-order valence-electron chi connectivity index (χ3n) is 4.59. The summed E-state index contributed by atoms with van der Waals surface area (Å²) in [7, 11) is 3.35. The van der Waals surface area contributed by atoms with Crippen LogP contribution in [0.15, 0.2) is 63.8 Å². The van der Waals surface area contributed by atoms with Crippen LogP contribution in [0, 0.1) is 6.92 Å². The predicted octanol–water partition coefficient (Wildman–Crippen LogP) is 3.44. The molecule has 3 aromatic rings. The molecule has 0 aliphatic heterocycles. The summed E-state index contributed by atoms with van der Waals surface area (Å²) < 4.78 is 5.22. The van der Waals surface area contributed by atoms with E-state index in [9.17, 15) is 14.4 Å². The van der Waals surface area contributed by atoms with Crippen LogP contribution in [0.1, 0.15) is 23.6 Å². The van der Waals surface area contributed by atoms with E-state index >= 15 is 0 Å². The van der Waals surface area contributed by atoms with Gasteiger partial charge in [-0.1, -0.05) is 30.3 Å². The molecule has 0 aliphatic rings. The Balaban J connectivity index is 1.78. The van der Waals surface area contributed by atoms with Crippen LogP contribution in [-0.4, -0.2) is 30.9 Å². The first-order chi connectivity index (χ1) is 13.8. The molecule has 1 atom stereocenters. The molecular weight excluding hydrogens is 370 g/mol. The summed E-state index contributed by atoms with van der Waals surface area (Å²) in [5.41, 5.74) is 2.07. The van der Waals surface area contributed by atoms with Crippen LogP contribution < -0.4 is 16.3 Å². The van der Waals surface area contributed by atoms with Gasteiger partial charge in [0.15, 0.2) is 0 Å². The number of carbonyl (C=O) groups excluding carboxylic acids is 2. The standard InChI is InChI=1S/C22H23N3O4/c1-14-11-21(27)29-19-12-16(9-10-17(14)19)23-22(28)24-18(13-20(26)25(2)3)15-7-5-4-6-8-15/h4-12,18H,13H2,1-3H3,(H2,23,24,28). The minimum Gasteiger partial charge on any atom is -0.423 e. The van der Waals surface area contributed by atoms with E-state index in [1.54, 1.807) is 32.3 Å². The van der Waals surface area contributed by atoms with Gasteiger partial charge in [0.05, 0.1) is 12.5 Å². The van der Waals surface area contributed by atoms with Crippen LogP contribution >= 0.6 is 0 Å². The van der Waals surface area contributed by atoms with Crippen LogP contribution in [0.2, 0.25) is 0 Å². The number of rotatable bonds is 5. The van der Waals surface area contributed by atoms with Crippen LogP contribution in [0.5, 0.6) is 0 Å². The molecule has 7 nitrogen and oxygen atoms in total. The maximum atomic E-state index is 12.6. The van der Waals surface area contributed by atoms with Gasteiger partial charge in [0.1, 0.15) is 5.58 Å². The number of urea groups is 1. The van der Waals surface area contributed by atoms with Crippen molar-refractivity contribution in [3.8, 4) is 0 Å². The third-order valence-corrected chi connectivity index (χ3v) is 4.59. The van der Waals surface area contributed by atoms with Crippen LogP contribution in [0.4, 0.5) is 10.5 Å². The highest BCUT2D eigenvalue weighted by molar-refractivity contribution is 5.93. The number of benzene rings is 2. The van der Waals surface area contributed by atoms with Crippen molar-refractivity contribution in [1.82, 2.24) is 10.2 Å². The maximum absolute atomic E-state index is 12.6. The van der Waals surface area contributed by atoms with Crippen molar-refractivity contribution in [2.75, 3.05) is 19.4 Å². The van der Waals surface area contributed by atoms with E-state index in [1.165, 1.54) is 11.0 Å².